The zero-order valence-corrected chi connectivity index (χ0v) is 11.8. The molecule has 2 atom stereocenters. The molecule has 1 fully saturated rings. The number of aromatic hydroxyl groups is 1. The summed E-state index contributed by atoms with van der Waals surface area (Å²) in [5.74, 6) is -0.0801. The number of aromatic nitrogens is 2. The third-order valence-electron chi connectivity index (χ3n) is 3.87. The van der Waals surface area contributed by atoms with E-state index in [0.717, 1.165) is 12.1 Å². The van der Waals surface area contributed by atoms with Crippen LogP contribution in [-0.2, 0) is 11.8 Å². The van der Waals surface area contributed by atoms with Crippen molar-refractivity contribution in [2.75, 3.05) is 18.4 Å². The van der Waals surface area contributed by atoms with Crippen LogP contribution in [0.15, 0.2) is 36.7 Å². The number of para-hydroxylation sites is 2. The van der Waals surface area contributed by atoms with E-state index in [1.807, 2.05) is 13.2 Å². The number of amides is 1. The molecular weight excluding hydrogens is 268 g/mol. The van der Waals surface area contributed by atoms with Crippen LogP contribution in [0.3, 0.4) is 0 Å². The topological polar surface area (TPSA) is 79.2 Å². The van der Waals surface area contributed by atoms with Crippen molar-refractivity contribution >= 4 is 11.6 Å². The Hall–Kier alpha value is -2.34. The number of phenolic OH excluding ortho intramolecular Hbond substituents is 1. The molecule has 1 aromatic heterocycles. The first kappa shape index (κ1) is 13.6. The van der Waals surface area contributed by atoms with Gasteiger partial charge in [0.25, 0.3) is 0 Å². The fourth-order valence-electron chi connectivity index (χ4n) is 2.74. The Labute approximate surface area is 122 Å². The monoisotopic (exact) mass is 286 g/mol. The van der Waals surface area contributed by atoms with Gasteiger partial charge in [-0.15, -0.1) is 0 Å². The van der Waals surface area contributed by atoms with Crippen LogP contribution < -0.4 is 10.6 Å². The van der Waals surface area contributed by atoms with E-state index in [4.69, 9.17) is 0 Å². The zero-order valence-electron chi connectivity index (χ0n) is 11.8. The molecule has 1 saturated heterocycles. The maximum atomic E-state index is 12.5. The van der Waals surface area contributed by atoms with Crippen LogP contribution in [0.2, 0.25) is 0 Å². The molecule has 1 aromatic carbocycles. The van der Waals surface area contributed by atoms with Gasteiger partial charge >= 0.3 is 0 Å². The standard InChI is InChI=1S/C15H18N4O2/c1-19-9-10(6-17-19)11-7-16-8-12(11)15(21)18-13-4-2-3-5-14(13)20/h2-6,9,11-12,16,20H,7-8H2,1H3,(H,18,21)/t11-,12+/m1/s1. The normalized spacial score (nSPS) is 21.4. The number of anilines is 1. The van der Waals surface area contributed by atoms with E-state index in [-0.39, 0.29) is 23.5 Å². The maximum Gasteiger partial charge on any atom is 0.229 e. The van der Waals surface area contributed by atoms with Crippen LogP contribution in [0, 0.1) is 5.92 Å². The summed E-state index contributed by atoms with van der Waals surface area (Å²) in [4.78, 5) is 12.5. The molecule has 1 aliphatic heterocycles. The molecule has 1 aliphatic rings. The second-order valence-electron chi connectivity index (χ2n) is 5.32. The van der Waals surface area contributed by atoms with Gasteiger partial charge in [0.05, 0.1) is 17.8 Å². The minimum Gasteiger partial charge on any atom is -0.506 e. The SMILES string of the molecule is Cn1cc([C@H]2CNC[C@@H]2C(=O)Nc2ccccc2O)cn1. The summed E-state index contributed by atoms with van der Waals surface area (Å²) in [6.45, 7) is 1.38. The van der Waals surface area contributed by atoms with Crippen molar-refractivity contribution in [3.63, 3.8) is 0 Å². The molecule has 0 bridgehead atoms. The van der Waals surface area contributed by atoms with Crippen molar-refractivity contribution in [3.8, 4) is 5.75 Å². The predicted molar refractivity (Wildman–Crippen MR) is 79.0 cm³/mol. The van der Waals surface area contributed by atoms with Gasteiger partial charge in [0.1, 0.15) is 5.75 Å². The maximum absolute atomic E-state index is 12.5. The minimum absolute atomic E-state index is 0.0785. The number of benzene rings is 1. The molecule has 1 amide bonds. The molecule has 6 heteroatoms. The van der Waals surface area contributed by atoms with Gasteiger partial charge in [-0.3, -0.25) is 9.48 Å². The lowest BCUT2D eigenvalue weighted by molar-refractivity contribution is -0.119. The van der Waals surface area contributed by atoms with E-state index >= 15 is 0 Å². The fourth-order valence-corrected chi connectivity index (χ4v) is 2.74. The number of hydrogen-bond acceptors (Lipinski definition) is 4. The molecule has 0 saturated carbocycles. The molecule has 6 nitrogen and oxygen atoms in total. The van der Waals surface area contributed by atoms with Crippen molar-refractivity contribution < 1.29 is 9.90 Å². The van der Waals surface area contributed by atoms with Gasteiger partial charge in [0.2, 0.25) is 5.91 Å². The van der Waals surface area contributed by atoms with E-state index in [2.05, 4.69) is 15.7 Å². The Kier molecular flexibility index (Phi) is 3.62. The average molecular weight is 286 g/mol. The first-order valence-electron chi connectivity index (χ1n) is 6.93. The summed E-state index contributed by atoms with van der Waals surface area (Å²) in [5, 5.41) is 20.0. The van der Waals surface area contributed by atoms with Crippen molar-refractivity contribution in [3.05, 3.63) is 42.2 Å². The predicted octanol–water partition coefficient (Wildman–Crippen LogP) is 1.07. The number of nitrogens with one attached hydrogen (secondary N) is 2. The lowest BCUT2D eigenvalue weighted by atomic mass is 9.90. The Morgan fingerprint density at radius 2 is 2.24 bits per heavy atom. The van der Waals surface area contributed by atoms with Gasteiger partial charge in [-0.05, 0) is 17.7 Å². The number of carbonyl (C=O) groups is 1. The van der Waals surface area contributed by atoms with E-state index < -0.39 is 0 Å². The lowest BCUT2D eigenvalue weighted by Crippen LogP contribution is -2.28. The highest BCUT2D eigenvalue weighted by atomic mass is 16.3. The summed E-state index contributed by atoms with van der Waals surface area (Å²) in [6.07, 6.45) is 3.75. The highest BCUT2D eigenvalue weighted by molar-refractivity contribution is 5.94. The highest BCUT2D eigenvalue weighted by Gasteiger charge is 2.34. The Balaban J connectivity index is 1.76. The summed E-state index contributed by atoms with van der Waals surface area (Å²) in [6, 6.07) is 6.75. The molecule has 0 unspecified atom stereocenters. The van der Waals surface area contributed by atoms with Crippen LogP contribution in [0.5, 0.6) is 5.75 Å². The van der Waals surface area contributed by atoms with Gasteiger partial charge in [0, 0.05) is 32.3 Å². The van der Waals surface area contributed by atoms with Crippen LogP contribution in [0.1, 0.15) is 11.5 Å². The number of hydrogen-bond donors (Lipinski definition) is 3. The minimum atomic E-state index is -0.172. The molecule has 3 rings (SSSR count). The van der Waals surface area contributed by atoms with Crippen molar-refractivity contribution in [2.24, 2.45) is 13.0 Å². The molecule has 2 aromatic rings. The average Bonchev–Trinajstić information content (AvgIpc) is 3.09. The smallest absolute Gasteiger partial charge is 0.229 e. The number of nitrogens with zero attached hydrogens (tertiary/aromatic N) is 2. The Bertz CT molecular complexity index is 653. The van der Waals surface area contributed by atoms with Gasteiger partial charge < -0.3 is 15.7 Å². The van der Waals surface area contributed by atoms with E-state index in [1.165, 1.54) is 0 Å². The molecule has 0 radical (unpaired) electrons. The van der Waals surface area contributed by atoms with E-state index in [0.29, 0.717) is 12.2 Å². The Morgan fingerprint density at radius 1 is 1.43 bits per heavy atom. The summed E-state index contributed by atoms with van der Waals surface area (Å²) in [5.41, 5.74) is 1.50. The largest absolute Gasteiger partial charge is 0.506 e. The first-order valence-corrected chi connectivity index (χ1v) is 6.93. The highest BCUT2D eigenvalue weighted by Crippen LogP contribution is 2.30. The number of phenols is 1. The molecule has 2 heterocycles. The zero-order chi connectivity index (χ0) is 14.8. The third kappa shape index (κ3) is 2.75. The lowest BCUT2D eigenvalue weighted by Gasteiger charge is -2.17. The summed E-state index contributed by atoms with van der Waals surface area (Å²) in [7, 11) is 1.86. The van der Waals surface area contributed by atoms with Crippen LogP contribution >= 0.6 is 0 Å². The number of carbonyl (C=O) groups excluding carboxylic acids is 1. The van der Waals surface area contributed by atoms with Crippen LogP contribution in [0.4, 0.5) is 5.69 Å². The van der Waals surface area contributed by atoms with Gasteiger partial charge in [0.15, 0.2) is 0 Å². The summed E-state index contributed by atoms with van der Waals surface area (Å²) < 4.78 is 1.74. The quantitative estimate of drug-likeness (QED) is 0.737. The van der Waals surface area contributed by atoms with Gasteiger partial charge in [-0.25, -0.2) is 0 Å². The molecule has 110 valence electrons. The van der Waals surface area contributed by atoms with Gasteiger partial charge in [-0.2, -0.15) is 5.10 Å². The first-order chi connectivity index (χ1) is 10.1. The van der Waals surface area contributed by atoms with Crippen molar-refractivity contribution in [1.29, 1.82) is 0 Å². The summed E-state index contributed by atoms with van der Waals surface area (Å²) >= 11 is 0. The van der Waals surface area contributed by atoms with Crippen molar-refractivity contribution in [2.45, 2.75) is 5.92 Å². The molecule has 21 heavy (non-hydrogen) atoms. The molecule has 3 N–H and O–H groups in total. The molecule has 0 aliphatic carbocycles. The van der Waals surface area contributed by atoms with E-state index in [9.17, 15) is 9.90 Å². The second kappa shape index (κ2) is 5.57. The Morgan fingerprint density at radius 3 is 2.95 bits per heavy atom. The third-order valence-corrected chi connectivity index (χ3v) is 3.87. The second-order valence-corrected chi connectivity index (χ2v) is 5.32. The molecule has 0 spiro atoms. The fraction of sp³-hybridized carbons (Fsp3) is 0.333. The van der Waals surface area contributed by atoms with Crippen LogP contribution in [0.25, 0.3) is 0 Å². The molecular formula is C15H18N4O2. The van der Waals surface area contributed by atoms with Crippen LogP contribution in [-0.4, -0.2) is 33.9 Å². The van der Waals surface area contributed by atoms with Crippen molar-refractivity contribution in [1.82, 2.24) is 15.1 Å². The van der Waals surface area contributed by atoms with Gasteiger partial charge in [-0.1, -0.05) is 12.1 Å². The number of rotatable bonds is 3. The van der Waals surface area contributed by atoms with E-state index in [1.54, 1.807) is 35.1 Å². The number of aryl methyl sites for hydroxylation is 1.